The Bertz CT molecular complexity index is 983. The van der Waals surface area contributed by atoms with E-state index in [4.69, 9.17) is 4.74 Å². The van der Waals surface area contributed by atoms with E-state index in [2.05, 4.69) is 0 Å². The summed E-state index contributed by atoms with van der Waals surface area (Å²) < 4.78 is 6.13. The summed E-state index contributed by atoms with van der Waals surface area (Å²) in [6.45, 7) is 0.870. The third-order valence-electron chi connectivity index (χ3n) is 5.15. The van der Waals surface area contributed by atoms with Gasteiger partial charge in [0.15, 0.2) is 5.78 Å². The number of para-hydroxylation sites is 1. The second-order valence-electron chi connectivity index (χ2n) is 7.07. The highest BCUT2D eigenvalue weighted by Gasteiger charge is 2.46. The largest absolute Gasteiger partial charge is 0.484 e. The number of ether oxygens (including phenoxy) is 1. The van der Waals surface area contributed by atoms with E-state index >= 15 is 0 Å². The fourth-order valence-corrected chi connectivity index (χ4v) is 3.68. The number of fused-ring (bicyclic) bond motifs is 1. The van der Waals surface area contributed by atoms with Gasteiger partial charge in [-0.2, -0.15) is 0 Å². The Labute approximate surface area is 161 Å². The molecule has 1 fully saturated rings. The van der Waals surface area contributed by atoms with Gasteiger partial charge in [-0.15, -0.1) is 0 Å². The molecule has 0 N–H and O–H groups in total. The van der Waals surface area contributed by atoms with Crippen molar-refractivity contribution in [3.63, 3.8) is 0 Å². The lowest BCUT2D eigenvalue weighted by Crippen LogP contribution is -2.45. The van der Waals surface area contributed by atoms with Crippen LogP contribution in [0.1, 0.15) is 28.8 Å². The van der Waals surface area contributed by atoms with Crippen LogP contribution in [0.5, 0.6) is 5.75 Å². The highest BCUT2D eigenvalue weighted by atomic mass is 16.6. The van der Waals surface area contributed by atoms with Gasteiger partial charge in [-0.25, -0.2) is 0 Å². The normalized spacial score (nSPS) is 21.0. The maximum atomic E-state index is 12.5. The predicted molar refractivity (Wildman–Crippen MR) is 102 cm³/mol. The number of hydrogen-bond donors (Lipinski definition) is 0. The number of rotatable bonds is 3. The third-order valence-corrected chi connectivity index (χ3v) is 5.15. The molecule has 1 amide bonds. The lowest BCUT2D eigenvalue weighted by molar-refractivity contribution is -0.384. The first-order valence-corrected chi connectivity index (χ1v) is 8.98. The molecule has 142 valence electrons. The molecule has 0 aliphatic carbocycles. The number of Topliss-reactive ketones (excluding diaryl/α,β-unsaturated/α-hetero) is 1. The highest BCUT2D eigenvalue weighted by Crippen LogP contribution is 2.38. The molecule has 1 spiro atoms. The smallest absolute Gasteiger partial charge is 0.269 e. The Hall–Kier alpha value is -3.48. The van der Waals surface area contributed by atoms with Crippen molar-refractivity contribution in [3.05, 3.63) is 75.8 Å². The van der Waals surface area contributed by atoms with Crippen molar-refractivity contribution >= 4 is 23.5 Å². The number of carbonyl (C=O) groups excluding carboxylic acids is 2. The monoisotopic (exact) mass is 378 g/mol. The number of likely N-dealkylation sites (tertiary alicyclic amines) is 1. The molecule has 2 aromatic rings. The highest BCUT2D eigenvalue weighted by molar-refractivity contribution is 6.00. The SMILES string of the molecule is O=C1CC2(CCN(C(=O)/C=C/c3ccc([N+](=O)[O-])cc3)C2)Oc2ccccc21. The third kappa shape index (κ3) is 3.38. The van der Waals surface area contributed by atoms with Crippen LogP contribution in [0, 0.1) is 10.1 Å². The van der Waals surface area contributed by atoms with E-state index in [0.29, 0.717) is 36.4 Å². The van der Waals surface area contributed by atoms with Gasteiger partial charge in [0.25, 0.3) is 5.69 Å². The van der Waals surface area contributed by atoms with Gasteiger partial charge in [-0.3, -0.25) is 19.7 Å². The van der Waals surface area contributed by atoms with Gasteiger partial charge < -0.3 is 9.64 Å². The van der Waals surface area contributed by atoms with E-state index in [-0.39, 0.29) is 23.8 Å². The molecule has 0 radical (unpaired) electrons. The molecular formula is C21H18N2O5. The number of ketones is 1. The zero-order valence-electron chi connectivity index (χ0n) is 15.0. The maximum absolute atomic E-state index is 12.5. The van der Waals surface area contributed by atoms with Crippen LogP contribution in [-0.4, -0.2) is 40.2 Å². The number of amides is 1. The zero-order valence-corrected chi connectivity index (χ0v) is 15.0. The van der Waals surface area contributed by atoms with Gasteiger partial charge in [0.05, 0.1) is 23.5 Å². The molecule has 4 rings (SSSR count). The first kappa shape index (κ1) is 17.9. The molecule has 2 heterocycles. The second kappa shape index (κ2) is 6.92. The summed E-state index contributed by atoms with van der Waals surface area (Å²) in [7, 11) is 0. The summed E-state index contributed by atoms with van der Waals surface area (Å²) in [4.78, 5) is 36.9. The van der Waals surface area contributed by atoms with Crippen molar-refractivity contribution in [2.45, 2.75) is 18.4 Å². The molecule has 1 unspecified atom stereocenters. The summed E-state index contributed by atoms with van der Waals surface area (Å²) in [5, 5.41) is 10.7. The van der Waals surface area contributed by atoms with Gasteiger partial charge >= 0.3 is 0 Å². The van der Waals surface area contributed by atoms with E-state index < -0.39 is 10.5 Å². The average molecular weight is 378 g/mol. The topological polar surface area (TPSA) is 89.8 Å². The number of nitrogens with zero attached hydrogens (tertiary/aromatic N) is 2. The minimum absolute atomic E-state index is 0.00403. The molecule has 7 heteroatoms. The van der Waals surface area contributed by atoms with E-state index in [1.807, 2.05) is 12.1 Å². The van der Waals surface area contributed by atoms with Crippen molar-refractivity contribution < 1.29 is 19.2 Å². The molecule has 28 heavy (non-hydrogen) atoms. The summed E-state index contributed by atoms with van der Waals surface area (Å²) >= 11 is 0. The number of non-ortho nitro benzene ring substituents is 1. The number of benzene rings is 2. The van der Waals surface area contributed by atoms with Crippen molar-refractivity contribution in [1.29, 1.82) is 0 Å². The number of nitro groups is 1. The summed E-state index contributed by atoms with van der Waals surface area (Å²) in [6.07, 6.45) is 3.93. The standard InChI is InChI=1S/C21H18N2O5/c24-18-13-21(28-19-4-2-1-3-17(18)19)11-12-22(14-21)20(25)10-7-15-5-8-16(9-6-15)23(26)27/h1-10H,11-14H2/b10-7+. The maximum Gasteiger partial charge on any atom is 0.269 e. The van der Waals surface area contributed by atoms with Crippen LogP contribution in [0.2, 0.25) is 0 Å². The molecular weight excluding hydrogens is 360 g/mol. The fourth-order valence-electron chi connectivity index (χ4n) is 3.68. The molecule has 7 nitrogen and oxygen atoms in total. The quantitative estimate of drug-likeness (QED) is 0.465. The van der Waals surface area contributed by atoms with Crippen molar-refractivity contribution in [2.75, 3.05) is 13.1 Å². The van der Waals surface area contributed by atoms with Crippen LogP contribution in [-0.2, 0) is 4.79 Å². The molecule has 2 aromatic carbocycles. The Morgan fingerprint density at radius 3 is 2.68 bits per heavy atom. The predicted octanol–water partition coefficient (Wildman–Crippen LogP) is 3.24. The Morgan fingerprint density at radius 1 is 1.18 bits per heavy atom. The molecule has 2 aliphatic heterocycles. The molecule has 1 saturated heterocycles. The van der Waals surface area contributed by atoms with Crippen LogP contribution in [0.4, 0.5) is 5.69 Å². The van der Waals surface area contributed by atoms with Crippen LogP contribution in [0.15, 0.2) is 54.6 Å². The lowest BCUT2D eigenvalue weighted by atomic mass is 9.89. The van der Waals surface area contributed by atoms with E-state index in [1.165, 1.54) is 18.2 Å². The van der Waals surface area contributed by atoms with E-state index in [9.17, 15) is 19.7 Å². The summed E-state index contributed by atoms with van der Waals surface area (Å²) in [6, 6.07) is 13.2. The van der Waals surface area contributed by atoms with Gasteiger partial charge in [-0.1, -0.05) is 12.1 Å². The van der Waals surface area contributed by atoms with Crippen molar-refractivity contribution in [3.8, 4) is 5.75 Å². The van der Waals surface area contributed by atoms with Crippen molar-refractivity contribution in [1.82, 2.24) is 4.90 Å². The fraction of sp³-hybridized carbons (Fsp3) is 0.238. The molecule has 1 atom stereocenters. The Kier molecular flexibility index (Phi) is 4.43. The van der Waals surface area contributed by atoms with Crippen molar-refractivity contribution in [2.24, 2.45) is 0 Å². The number of hydrogen-bond acceptors (Lipinski definition) is 5. The second-order valence-corrected chi connectivity index (χ2v) is 7.07. The first-order chi connectivity index (χ1) is 13.5. The van der Waals surface area contributed by atoms with Crippen LogP contribution < -0.4 is 4.74 Å². The summed E-state index contributed by atoms with van der Waals surface area (Å²) in [5.41, 5.74) is 0.633. The van der Waals surface area contributed by atoms with Gasteiger partial charge in [-0.05, 0) is 35.9 Å². The minimum Gasteiger partial charge on any atom is -0.484 e. The summed E-state index contributed by atoms with van der Waals surface area (Å²) in [5.74, 6) is 0.442. The van der Waals surface area contributed by atoms with E-state index in [0.717, 1.165) is 0 Å². The van der Waals surface area contributed by atoms with E-state index in [1.54, 1.807) is 35.2 Å². The zero-order chi connectivity index (χ0) is 19.7. The van der Waals surface area contributed by atoms with Gasteiger partial charge in [0.2, 0.25) is 5.91 Å². The molecule has 2 aliphatic rings. The Morgan fingerprint density at radius 2 is 1.93 bits per heavy atom. The van der Waals surface area contributed by atoms with Crippen LogP contribution in [0.25, 0.3) is 6.08 Å². The first-order valence-electron chi connectivity index (χ1n) is 8.98. The Balaban J connectivity index is 1.43. The number of carbonyl (C=O) groups is 2. The average Bonchev–Trinajstić information content (AvgIpc) is 3.09. The lowest BCUT2D eigenvalue weighted by Gasteiger charge is -2.34. The minimum atomic E-state index is -0.664. The van der Waals surface area contributed by atoms with Gasteiger partial charge in [0.1, 0.15) is 11.4 Å². The number of nitro benzene ring substituents is 1. The molecule has 0 saturated carbocycles. The van der Waals surface area contributed by atoms with Crippen LogP contribution in [0.3, 0.4) is 0 Å². The van der Waals surface area contributed by atoms with Gasteiger partial charge in [0, 0.05) is 31.2 Å². The van der Waals surface area contributed by atoms with Crippen LogP contribution >= 0.6 is 0 Å². The molecule has 0 bridgehead atoms. The molecule has 0 aromatic heterocycles.